The standard InChI is InChI=1S/C17H14N2O/c1-2-5-14-6-3-4-7-16(14)19-17(20)15-10-8-13(12-18)9-11-15/h2-4,6-11H,1,5H2,(H,19,20). The molecule has 0 unspecified atom stereocenters. The van der Waals surface area contributed by atoms with Gasteiger partial charge in [0.25, 0.3) is 5.91 Å². The summed E-state index contributed by atoms with van der Waals surface area (Å²) < 4.78 is 0. The van der Waals surface area contributed by atoms with E-state index in [2.05, 4.69) is 11.9 Å². The number of amides is 1. The van der Waals surface area contributed by atoms with Crippen LogP contribution in [0.5, 0.6) is 0 Å². The third-order valence-electron chi connectivity index (χ3n) is 2.91. The molecule has 0 aliphatic heterocycles. The van der Waals surface area contributed by atoms with Crippen molar-refractivity contribution >= 4 is 11.6 Å². The fourth-order valence-electron chi connectivity index (χ4n) is 1.87. The van der Waals surface area contributed by atoms with E-state index < -0.39 is 0 Å². The number of para-hydroxylation sites is 1. The first-order valence-electron chi connectivity index (χ1n) is 6.25. The molecule has 0 aliphatic rings. The highest BCUT2D eigenvalue weighted by molar-refractivity contribution is 6.04. The Morgan fingerprint density at radius 3 is 2.55 bits per heavy atom. The van der Waals surface area contributed by atoms with Gasteiger partial charge in [-0.2, -0.15) is 5.26 Å². The van der Waals surface area contributed by atoms with E-state index in [1.807, 2.05) is 30.3 Å². The number of benzene rings is 2. The van der Waals surface area contributed by atoms with Crippen molar-refractivity contribution in [3.63, 3.8) is 0 Å². The molecule has 2 aromatic rings. The van der Waals surface area contributed by atoms with Crippen molar-refractivity contribution in [2.45, 2.75) is 6.42 Å². The van der Waals surface area contributed by atoms with Gasteiger partial charge in [0.15, 0.2) is 0 Å². The van der Waals surface area contributed by atoms with Crippen LogP contribution in [0.15, 0.2) is 61.2 Å². The minimum atomic E-state index is -0.189. The van der Waals surface area contributed by atoms with Crippen LogP contribution in [-0.2, 0) is 6.42 Å². The van der Waals surface area contributed by atoms with Crippen LogP contribution in [0.4, 0.5) is 5.69 Å². The van der Waals surface area contributed by atoms with Gasteiger partial charge in [-0.05, 0) is 42.3 Å². The SMILES string of the molecule is C=CCc1ccccc1NC(=O)c1ccc(C#N)cc1. The Hall–Kier alpha value is -2.86. The summed E-state index contributed by atoms with van der Waals surface area (Å²) in [6.45, 7) is 3.71. The fraction of sp³-hybridized carbons (Fsp3) is 0.0588. The summed E-state index contributed by atoms with van der Waals surface area (Å²) in [5.41, 5.74) is 2.86. The molecule has 0 saturated carbocycles. The third kappa shape index (κ3) is 3.12. The summed E-state index contributed by atoms with van der Waals surface area (Å²) in [5.74, 6) is -0.189. The Kier molecular flexibility index (Phi) is 4.31. The van der Waals surface area contributed by atoms with Crippen LogP contribution < -0.4 is 5.32 Å². The monoisotopic (exact) mass is 262 g/mol. The van der Waals surface area contributed by atoms with Gasteiger partial charge in [0.05, 0.1) is 11.6 Å². The average molecular weight is 262 g/mol. The summed E-state index contributed by atoms with van der Waals surface area (Å²) in [5, 5.41) is 11.6. The second kappa shape index (κ2) is 6.35. The number of anilines is 1. The molecule has 98 valence electrons. The van der Waals surface area contributed by atoms with Crippen LogP contribution in [0.2, 0.25) is 0 Å². The molecule has 20 heavy (non-hydrogen) atoms. The summed E-state index contributed by atoms with van der Waals surface area (Å²) in [4.78, 5) is 12.2. The maximum absolute atomic E-state index is 12.2. The minimum Gasteiger partial charge on any atom is -0.322 e. The molecule has 0 bridgehead atoms. The van der Waals surface area contributed by atoms with Crippen LogP contribution >= 0.6 is 0 Å². The summed E-state index contributed by atoms with van der Waals surface area (Å²) >= 11 is 0. The Morgan fingerprint density at radius 2 is 1.90 bits per heavy atom. The molecule has 0 heterocycles. The van der Waals surface area contributed by atoms with Gasteiger partial charge in [-0.1, -0.05) is 24.3 Å². The van der Waals surface area contributed by atoms with Crippen LogP contribution in [0.3, 0.4) is 0 Å². The number of rotatable bonds is 4. The van der Waals surface area contributed by atoms with E-state index in [9.17, 15) is 4.79 Å². The Morgan fingerprint density at radius 1 is 1.20 bits per heavy atom. The van der Waals surface area contributed by atoms with E-state index >= 15 is 0 Å². The summed E-state index contributed by atoms with van der Waals surface area (Å²) in [6, 6.07) is 16.2. The lowest BCUT2D eigenvalue weighted by Gasteiger charge is -2.09. The lowest BCUT2D eigenvalue weighted by Crippen LogP contribution is -2.13. The molecule has 0 atom stereocenters. The van der Waals surface area contributed by atoms with E-state index in [1.165, 1.54) is 0 Å². The van der Waals surface area contributed by atoms with Gasteiger partial charge >= 0.3 is 0 Å². The van der Waals surface area contributed by atoms with Crippen molar-refractivity contribution in [3.8, 4) is 6.07 Å². The molecule has 3 nitrogen and oxygen atoms in total. The molecule has 2 aromatic carbocycles. The molecule has 0 aromatic heterocycles. The lowest BCUT2D eigenvalue weighted by molar-refractivity contribution is 0.102. The van der Waals surface area contributed by atoms with Crippen molar-refractivity contribution in [1.82, 2.24) is 0 Å². The minimum absolute atomic E-state index is 0.189. The largest absolute Gasteiger partial charge is 0.322 e. The van der Waals surface area contributed by atoms with Crippen molar-refractivity contribution in [3.05, 3.63) is 77.9 Å². The Balaban J connectivity index is 2.19. The highest BCUT2D eigenvalue weighted by Crippen LogP contribution is 2.17. The number of nitrogens with one attached hydrogen (secondary N) is 1. The highest BCUT2D eigenvalue weighted by Gasteiger charge is 2.08. The quantitative estimate of drug-likeness (QED) is 0.857. The number of allylic oxidation sites excluding steroid dienone is 1. The third-order valence-corrected chi connectivity index (χ3v) is 2.91. The van der Waals surface area contributed by atoms with Gasteiger partial charge in [0.2, 0.25) is 0 Å². The normalized spacial score (nSPS) is 9.55. The maximum Gasteiger partial charge on any atom is 0.255 e. The molecule has 0 radical (unpaired) electrons. The van der Waals surface area contributed by atoms with Crippen LogP contribution in [0.25, 0.3) is 0 Å². The zero-order valence-electron chi connectivity index (χ0n) is 11.0. The van der Waals surface area contributed by atoms with E-state index in [0.717, 1.165) is 11.3 Å². The highest BCUT2D eigenvalue weighted by atomic mass is 16.1. The van der Waals surface area contributed by atoms with Crippen LogP contribution in [0.1, 0.15) is 21.5 Å². The number of hydrogen-bond donors (Lipinski definition) is 1. The second-order valence-corrected chi connectivity index (χ2v) is 4.29. The zero-order chi connectivity index (χ0) is 14.4. The van der Waals surface area contributed by atoms with Gasteiger partial charge in [0.1, 0.15) is 0 Å². The van der Waals surface area contributed by atoms with Crippen LogP contribution in [-0.4, -0.2) is 5.91 Å². The molecule has 0 spiro atoms. The van der Waals surface area contributed by atoms with Crippen molar-refractivity contribution in [1.29, 1.82) is 5.26 Å². The molecular weight excluding hydrogens is 248 g/mol. The number of nitrogens with zero attached hydrogens (tertiary/aromatic N) is 1. The molecule has 1 amide bonds. The fourth-order valence-corrected chi connectivity index (χ4v) is 1.87. The molecule has 2 rings (SSSR count). The van der Waals surface area contributed by atoms with Gasteiger partial charge in [-0.3, -0.25) is 4.79 Å². The number of carbonyl (C=O) groups excluding carboxylic acids is 1. The number of hydrogen-bond acceptors (Lipinski definition) is 2. The van der Waals surface area contributed by atoms with Crippen molar-refractivity contribution in [2.24, 2.45) is 0 Å². The average Bonchev–Trinajstić information content (AvgIpc) is 2.49. The second-order valence-electron chi connectivity index (χ2n) is 4.29. The molecule has 0 saturated heterocycles. The molecule has 0 aliphatic carbocycles. The molecular formula is C17H14N2O. The molecule has 0 fully saturated rings. The Bertz CT molecular complexity index is 666. The predicted octanol–water partition coefficient (Wildman–Crippen LogP) is 3.54. The topological polar surface area (TPSA) is 52.9 Å². The van der Waals surface area contributed by atoms with E-state index in [0.29, 0.717) is 17.5 Å². The van der Waals surface area contributed by atoms with Gasteiger partial charge in [-0.25, -0.2) is 0 Å². The smallest absolute Gasteiger partial charge is 0.255 e. The summed E-state index contributed by atoms with van der Waals surface area (Å²) in [6.07, 6.45) is 2.50. The van der Waals surface area contributed by atoms with E-state index in [4.69, 9.17) is 5.26 Å². The first-order valence-corrected chi connectivity index (χ1v) is 6.25. The first kappa shape index (κ1) is 13.6. The first-order chi connectivity index (χ1) is 9.74. The zero-order valence-corrected chi connectivity index (χ0v) is 11.0. The maximum atomic E-state index is 12.2. The van der Waals surface area contributed by atoms with Gasteiger partial charge < -0.3 is 5.32 Å². The predicted molar refractivity (Wildman–Crippen MR) is 79.5 cm³/mol. The van der Waals surface area contributed by atoms with Gasteiger partial charge in [-0.15, -0.1) is 6.58 Å². The van der Waals surface area contributed by atoms with Crippen molar-refractivity contribution < 1.29 is 4.79 Å². The lowest BCUT2D eigenvalue weighted by atomic mass is 10.1. The molecule has 1 N–H and O–H groups in total. The van der Waals surface area contributed by atoms with E-state index in [-0.39, 0.29) is 5.91 Å². The summed E-state index contributed by atoms with van der Waals surface area (Å²) in [7, 11) is 0. The Labute approximate surface area is 118 Å². The van der Waals surface area contributed by atoms with Gasteiger partial charge in [0, 0.05) is 11.3 Å². The van der Waals surface area contributed by atoms with Crippen LogP contribution in [0, 0.1) is 11.3 Å². The van der Waals surface area contributed by atoms with Crippen molar-refractivity contribution in [2.75, 3.05) is 5.32 Å². The number of nitriles is 1. The molecule has 3 heteroatoms. The number of carbonyl (C=O) groups is 1. The van der Waals surface area contributed by atoms with E-state index in [1.54, 1.807) is 30.3 Å².